The van der Waals surface area contributed by atoms with Crippen molar-refractivity contribution in [2.75, 3.05) is 5.75 Å². The van der Waals surface area contributed by atoms with Crippen LogP contribution >= 0.6 is 11.8 Å². The number of aliphatic hydroxyl groups excluding tert-OH is 1. The Labute approximate surface area is 76.2 Å². The number of para-hydroxylation sites is 1. The largest absolute Gasteiger partial charge is 0.506 e. The fourth-order valence-electron chi connectivity index (χ4n) is 0.967. The highest BCUT2D eigenvalue weighted by Gasteiger charge is 2.04. The monoisotopic (exact) mass is 184 g/mol. The summed E-state index contributed by atoms with van der Waals surface area (Å²) in [4.78, 5) is 0.837. The molecule has 0 aromatic heterocycles. The van der Waals surface area contributed by atoms with Crippen molar-refractivity contribution >= 4 is 11.8 Å². The molecule has 2 N–H and O–H groups in total. The number of thioether (sulfide) groups is 1. The van der Waals surface area contributed by atoms with Gasteiger partial charge in [0.25, 0.3) is 0 Å². The van der Waals surface area contributed by atoms with Gasteiger partial charge in [-0.3, -0.25) is 0 Å². The van der Waals surface area contributed by atoms with Crippen LogP contribution in [0.3, 0.4) is 0 Å². The molecule has 0 amide bonds. The average Bonchev–Trinajstić information content (AvgIpc) is 2.09. The number of hydrogen-bond donors (Lipinski definition) is 2. The van der Waals surface area contributed by atoms with E-state index in [1.807, 2.05) is 19.1 Å². The van der Waals surface area contributed by atoms with Crippen LogP contribution in [0.5, 0.6) is 5.75 Å². The predicted octanol–water partition coefficient (Wildman–Crippen LogP) is 2.00. The van der Waals surface area contributed by atoms with Crippen LogP contribution in [-0.2, 0) is 6.61 Å². The summed E-state index contributed by atoms with van der Waals surface area (Å²) in [5.41, 5.74) is 0.591. The quantitative estimate of drug-likeness (QED) is 0.706. The lowest BCUT2D eigenvalue weighted by Gasteiger charge is -2.05. The maximum atomic E-state index is 9.54. The van der Waals surface area contributed by atoms with Crippen LogP contribution in [-0.4, -0.2) is 16.0 Å². The second-order valence-corrected chi connectivity index (χ2v) is 3.66. The molecule has 1 rings (SSSR count). The fourth-order valence-corrected chi connectivity index (χ4v) is 1.72. The summed E-state index contributed by atoms with van der Waals surface area (Å²) < 4.78 is 0. The fraction of sp³-hybridized carbons (Fsp3) is 0.333. The van der Waals surface area contributed by atoms with Crippen LogP contribution < -0.4 is 0 Å². The molecule has 0 saturated heterocycles. The zero-order valence-electron chi connectivity index (χ0n) is 6.95. The molecule has 0 heterocycles. The number of benzene rings is 1. The van der Waals surface area contributed by atoms with E-state index in [1.165, 1.54) is 0 Å². The van der Waals surface area contributed by atoms with E-state index in [2.05, 4.69) is 0 Å². The van der Waals surface area contributed by atoms with Gasteiger partial charge in [-0.1, -0.05) is 19.1 Å². The molecule has 0 aliphatic heterocycles. The van der Waals surface area contributed by atoms with Crippen LogP contribution in [0.2, 0.25) is 0 Å². The van der Waals surface area contributed by atoms with Gasteiger partial charge in [0.05, 0.1) is 6.61 Å². The highest BCUT2D eigenvalue weighted by atomic mass is 32.2. The van der Waals surface area contributed by atoms with Crippen LogP contribution in [0.4, 0.5) is 0 Å². The third kappa shape index (κ3) is 1.93. The van der Waals surface area contributed by atoms with Gasteiger partial charge >= 0.3 is 0 Å². The van der Waals surface area contributed by atoms with Crippen molar-refractivity contribution < 1.29 is 10.2 Å². The van der Waals surface area contributed by atoms with Crippen LogP contribution in [0, 0.1) is 0 Å². The standard InChI is InChI=1S/C9H12O2S/c1-2-12-8-5-3-4-7(6-10)9(8)11/h3-5,10-11H,2,6H2,1H3. The van der Waals surface area contributed by atoms with E-state index in [4.69, 9.17) is 5.11 Å². The zero-order chi connectivity index (χ0) is 8.97. The summed E-state index contributed by atoms with van der Waals surface area (Å²) >= 11 is 1.57. The van der Waals surface area contributed by atoms with Gasteiger partial charge in [-0.25, -0.2) is 0 Å². The maximum Gasteiger partial charge on any atom is 0.134 e. The Morgan fingerprint density at radius 2 is 2.17 bits per heavy atom. The molecule has 0 bridgehead atoms. The third-order valence-electron chi connectivity index (χ3n) is 1.55. The molecule has 0 aliphatic rings. The summed E-state index contributed by atoms with van der Waals surface area (Å²) in [5.74, 6) is 1.13. The lowest BCUT2D eigenvalue weighted by Crippen LogP contribution is -1.85. The molecule has 0 atom stereocenters. The van der Waals surface area contributed by atoms with Gasteiger partial charge in [0.1, 0.15) is 5.75 Å². The number of rotatable bonds is 3. The number of phenols is 1. The highest BCUT2D eigenvalue weighted by Crippen LogP contribution is 2.30. The molecule has 0 aliphatic carbocycles. The molecule has 0 unspecified atom stereocenters. The minimum Gasteiger partial charge on any atom is -0.506 e. The van der Waals surface area contributed by atoms with Gasteiger partial charge in [0.15, 0.2) is 0 Å². The van der Waals surface area contributed by atoms with Crippen molar-refractivity contribution in [2.45, 2.75) is 18.4 Å². The van der Waals surface area contributed by atoms with E-state index >= 15 is 0 Å². The van der Waals surface area contributed by atoms with E-state index in [0.717, 1.165) is 10.6 Å². The third-order valence-corrected chi connectivity index (χ3v) is 2.48. The van der Waals surface area contributed by atoms with Gasteiger partial charge in [-0.05, 0) is 11.8 Å². The first-order chi connectivity index (χ1) is 5.79. The summed E-state index contributed by atoms with van der Waals surface area (Å²) in [6.45, 7) is 1.92. The molecular weight excluding hydrogens is 172 g/mol. The molecule has 1 aromatic rings. The molecule has 2 nitrogen and oxygen atoms in total. The van der Waals surface area contributed by atoms with Crippen LogP contribution in [0.1, 0.15) is 12.5 Å². The van der Waals surface area contributed by atoms with E-state index < -0.39 is 0 Å². The van der Waals surface area contributed by atoms with E-state index in [0.29, 0.717) is 5.56 Å². The summed E-state index contributed by atoms with van der Waals surface area (Å²) in [5, 5.41) is 18.4. The van der Waals surface area contributed by atoms with Crippen molar-refractivity contribution in [3.8, 4) is 5.75 Å². The molecule has 1 aromatic carbocycles. The first-order valence-corrected chi connectivity index (χ1v) is 4.82. The zero-order valence-corrected chi connectivity index (χ0v) is 7.77. The number of aliphatic hydroxyl groups is 1. The molecule has 3 heteroatoms. The molecule has 0 radical (unpaired) electrons. The normalized spacial score (nSPS) is 10.2. The van der Waals surface area contributed by atoms with Gasteiger partial charge in [-0.2, -0.15) is 0 Å². The van der Waals surface area contributed by atoms with Gasteiger partial charge in [0, 0.05) is 10.5 Å². The minimum atomic E-state index is -0.107. The van der Waals surface area contributed by atoms with Gasteiger partial charge in [0.2, 0.25) is 0 Å². The Morgan fingerprint density at radius 3 is 2.75 bits per heavy atom. The second-order valence-electron chi connectivity index (χ2n) is 2.36. The van der Waals surface area contributed by atoms with Crippen molar-refractivity contribution in [3.63, 3.8) is 0 Å². The smallest absolute Gasteiger partial charge is 0.134 e. The SMILES string of the molecule is CCSc1cccc(CO)c1O. The van der Waals surface area contributed by atoms with E-state index in [1.54, 1.807) is 17.8 Å². The average molecular weight is 184 g/mol. The van der Waals surface area contributed by atoms with Crippen molar-refractivity contribution in [1.29, 1.82) is 0 Å². The number of hydrogen-bond acceptors (Lipinski definition) is 3. The predicted molar refractivity (Wildman–Crippen MR) is 50.4 cm³/mol. The highest BCUT2D eigenvalue weighted by molar-refractivity contribution is 7.99. The molecular formula is C9H12O2S. The van der Waals surface area contributed by atoms with E-state index in [-0.39, 0.29) is 12.4 Å². The van der Waals surface area contributed by atoms with Crippen LogP contribution in [0.25, 0.3) is 0 Å². The van der Waals surface area contributed by atoms with Crippen molar-refractivity contribution in [3.05, 3.63) is 23.8 Å². The van der Waals surface area contributed by atoms with Crippen molar-refractivity contribution in [2.24, 2.45) is 0 Å². The molecule has 0 spiro atoms. The lowest BCUT2D eigenvalue weighted by molar-refractivity contribution is 0.274. The molecule has 12 heavy (non-hydrogen) atoms. The number of aromatic hydroxyl groups is 1. The topological polar surface area (TPSA) is 40.5 Å². The summed E-state index contributed by atoms with van der Waals surface area (Å²) in [7, 11) is 0. The Kier molecular flexibility index (Phi) is 3.44. The molecule has 0 saturated carbocycles. The Hall–Kier alpha value is -0.670. The Bertz CT molecular complexity index is 261. The maximum absolute atomic E-state index is 9.54. The Balaban J connectivity index is 2.97. The van der Waals surface area contributed by atoms with Gasteiger partial charge in [-0.15, -0.1) is 11.8 Å². The van der Waals surface area contributed by atoms with Crippen LogP contribution in [0.15, 0.2) is 23.1 Å². The Morgan fingerprint density at radius 1 is 1.42 bits per heavy atom. The second kappa shape index (κ2) is 4.38. The van der Waals surface area contributed by atoms with Crippen molar-refractivity contribution in [1.82, 2.24) is 0 Å². The first kappa shape index (κ1) is 9.42. The lowest BCUT2D eigenvalue weighted by atomic mass is 10.2. The minimum absolute atomic E-state index is 0.107. The molecule has 0 fully saturated rings. The summed E-state index contributed by atoms with van der Waals surface area (Å²) in [6.07, 6.45) is 0. The summed E-state index contributed by atoms with van der Waals surface area (Å²) in [6, 6.07) is 5.40. The van der Waals surface area contributed by atoms with Gasteiger partial charge < -0.3 is 10.2 Å². The van der Waals surface area contributed by atoms with E-state index in [9.17, 15) is 5.11 Å². The first-order valence-electron chi connectivity index (χ1n) is 3.84. The molecule has 66 valence electrons.